The molecule has 0 spiro atoms. The maximum atomic E-state index is 12.7. The molecule has 0 bridgehead atoms. The van der Waals surface area contributed by atoms with E-state index in [0.29, 0.717) is 51.5 Å². The molecule has 1 aliphatic carbocycles. The topological polar surface area (TPSA) is 76.0 Å². The lowest BCUT2D eigenvalue weighted by atomic mass is 9.79. The van der Waals surface area contributed by atoms with Gasteiger partial charge in [0.25, 0.3) is 0 Å². The number of hydrogen-bond acceptors (Lipinski definition) is 4. The van der Waals surface area contributed by atoms with E-state index in [9.17, 15) is 15.0 Å². The van der Waals surface area contributed by atoms with Gasteiger partial charge in [0, 0.05) is 11.1 Å². The molecule has 5 atom stereocenters. The van der Waals surface area contributed by atoms with Crippen molar-refractivity contribution in [3.05, 3.63) is 66.2 Å². The zero-order valence-corrected chi connectivity index (χ0v) is 23.8. The summed E-state index contributed by atoms with van der Waals surface area (Å²) in [6, 6.07) is 18.1. The fourth-order valence-electron chi connectivity index (χ4n) is 5.70. The summed E-state index contributed by atoms with van der Waals surface area (Å²) < 4.78 is 12.7. The van der Waals surface area contributed by atoms with Gasteiger partial charge in [-0.15, -0.1) is 0 Å². The van der Waals surface area contributed by atoms with Crippen LogP contribution in [0.1, 0.15) is 77.1 Å². The predicted octanol–water partition coefficient (Wildman–Crippen LogP) is 8.83. The predicted molar refractivity (Wildman–Crippen MR) is 157 cm³/mol. The van der Waals surface area contributed by atoms with Gasteiger partial charge in [0.2, 0.25) is 0 Å². The fraction of sp³-hybridized carbons (Fsp3) is 0.441. The van der Waals surface area contributed by atoms with Crippen LogP contribution in [0.25, 0.3) is 22.3 Å². The van der Waals surface area contributed by atoms with Crippen LogP contribution in [0.3, 0.4) is 0 Å². The third kappa shape index (κ3) is 6.58. The van der Waals surface area contributed by atoms with Gasteiger partial charge in [-0.25, -0.2) is 4.79 Å². The summed E-state index contributed by atoms with van der Waals surface area (Å²) in [5, 5.41) is 21.1. The highest BCUT2D eigenvalue weighted by Gasteiger charge is 2.29. The van der Waals surface area contributed by atoms with E-state index in [4.69, 9.17) is 9.47 Å². The zero-order chi connectivity index (χ0) is 28.1. The molecule has 0 saturated heterocycles. The van der Waals surface area contributed by atoms with Crippen LogP contribution < -0.4 is 9.47 Å². The van der Waals surface area contributed by atoms with Crippen LogP contribution in [0, 0.1) is 17.8 Å². The molecule has 0 amide bonds. The van der Waals surface area contributed by atoms with Crippen LogP contribution in [-0.2, 0) is 0 Å². The van der Waals surface area contributed by atoms with E-state index in [2.05, 4.69) is 34.6 Å². The highest BCUT2D eigenvalue weighted by atomic mass is 16.5. The van der Waals surface area contributed by atoms with Gasteiger partial charge in [-0.3, -0.25) is 0 Å². The molecule has 0 aromatic heterocycles. The fourth-order valence-corrected chi connectivity index (χ4v) is 5.70. The Kier molecular flexibility index (Phi) is 9.21. The van der Waals surface area contributed by atoms with Gasteiger partial charge < -0.3 is 19.7 Å². The van der Waals surface area contributed by atoms with E-state index in [-0.39, 0.29) is 23.5 Å². The summed E-state index contributed by atoms with van der Waals surface area (Å²) >= 11 is 0. The van der Waals surface area contributed by atoms with Crippen LogP contribution >= 0.6 is 0 Å². The number of rotatable bonds is 10. The Morgan fingerprint density at radius 1 is 0.923 bits per heavy atom. The average molecular weight is 531 g/mol. The molecule has 4 rings (SSSR count). The Morgan fingerprint density at radius 2 is 1.54 bits per heavy atom. The number of carboxylic acid groups (broad SMARTS) is 1. The Bertz CT molecular complexity index is 1280. The van der Waals surface area contributed by atoms with E-state index in [0.717, 1.165) is 25.7 Å². The lowest BCUT2D eigenvalue weighted by Gasteiger charge is -2.34. The van der Waals surface area contributed by atoms with Gasteiger partial charge in [-0.05, 0) is 84.5 Å². The van der Waals surface area contributed by atoms with Gasteiger partial charge >= 0.3 is 5.97 Å². The van der Waals surface area contributed by atoms with Gasteiger partial charge in [0.05, 0.1) is 5.56 Å². The average Bonchev–Trinajstić information content (AvgIpc) is 2.93. The number of carboxylic acids is 1. The molecule has 1 aliphatic rings. The molecule has 5 nitrogen and oxygen atoms in total. The Morgan fingerprint density at radius 3 is 2.13 bits per heavy atom. The Hall–Kier alpha value is -3.47. The minimum absolute atomic E-state index is 0.00316. The van der Waals surface area contributed by atoms with Crippen molar-refractivity contribution < 1.29 is 24.5 Å². The molecule has 3 aromatic carbocycles. The summed E-state index contributed by atoms with van der Waals surface area (Å²) in [7, 11) is 0. The normalized spacial score (nSPS) is 20.7. The molecule has 5 heteroatoms. The van der Waals surface area contributed by atoms with Crippen LogP contribution in [0.15, 0.2) is 60.7 Å². The second-order valence-corrected chi connectivity index (χ2v) is 11.2. The highest BCUT2D eigenvalue weighted by molar-refractivity contribution is 6.03. The van der Waals surface area contributed by atoms with E-state index in [1.54, 1.807) is 0 Å². The van der Waals surface area contributed by atoms with Crippen molar-refractivity contribution in [3.63, 3.8) is 0 Å². The number of phenolic OH excluding ortho intramolecular Hbond substituents is 1. The van der Waals surface area contributed by atoms with Gasteiger partial charge in [-0.1, -0.05) is 71.7 Å². The van der Waals surface area contributed by atoms with Gasteiger partial charge in [-0.2, -0.15) is 0 Å². The number of ether oxygens (including phenoxy) is 2. The summed E-state index contributed by atoms with van der Waals surface area (Å²) in [4.78, 5) is 12.7. The maximum Gasteiger partial charge on any atom is 0.336 e. The number of aromatic carboxylic acids is 1. The number of aromatic hydroxyl groups is 1. The molecular formula is C34H42O5. The number of carbonyl (C=O) groups is 1. The molecule has 0 heterocycles. The molecular weight excluding hydrogens is 488 g/mol. The minimum atomic E-state index is -1.06. The lowest BCUT2D eigenvalue weighted by Crippen LogP contribution is -2.33. The second-order valence-electron chi connectivity index (χ2n) is 11.2. The number of phenols is 1. The molecule has 1 fully saturated rings. The molecule has 3 aromatic rings. The molecule has 1 saturated carbocycles. The first-order valence-corrected chi connectivity index (χ1v) is 14.4. The molecule has 5 unspecified atom stereocenters. The smallest absolute Gasteiger partial charge is 0.336 e. The molecule has 39 heavy (non-hydrogen) atoms. The van der Waals surface area contributed by atoms with Crippen molar-refractivity contribution in [2.24, 2.45) is 17.8 Å². The molecule has 0 aliphatic heterocycles. The van der Waals surface area contributed by atoms with Gasteiger partial charge in [0.15, 0.2) is 0 Å². The van der Waals surface area contributed by atoms with Crippen molar-refractivity contribution in [1.82, 2.24) is 0 Å². The standard InChI is InChI=1S/C34H42O5/c1-6-21(3)31(7-2)38-27-14-9-12-24(17-27)29-19-26(35)20-30(33(29)34(36)37)25-13-10-15-28(18-25)39-32-16-8-11-22(4)23(32)5/h9-10,12-15,17-23,31-32,35H,6-8,11,16H2,1-5H3,(H,36,37). The Labute approximate surface area is 232 Å². The quantitative estimate of drug-likeness (QED) is 0.274. The Balaban J connectivity index is 1.72. The third-order valence-electron chi connectivity index (χ3n) is 8.52. The monoisotopic (exact) mass is 530 g/mol. The SMILES string of the molecule is CCC(C)C(CC)Oc1cccc(-c2cc(O)cc(-c3cccc(OC4CCCC(C)C4C)c3)c2C(=O)O)c1. The van der Waals surface area contributed by atoms with Crippen molar-refractivity contribution in [2.45, 2.75) is 78.9 Å². The van der Waals surface area contributed by atoms with Crippen molar-refractivity contribution in [3.8, 4) is 39.5 Å². The maximum absolute atomic E-state index is 12.7. The summed E-state index contributed by atoms with van der Waals surface area (Å²) in [6.07, 6.45) is 5.48. The summed E-state index contributed by atoms with van der Waals surface area (Å²) in [5.74, 6) is 1.80. The molecule has 0 radical (unpaired) electrons. The first kappa shape index (κ1) is 28.5. The van der Waals surface area contributed by atoms with E-state index < -0.39 is 5.97 Å². The zero-order valence-electron chi connectivity index (χ0n) is 23.8. The van der Waals surface area contributed by atoms with Crippen molar-refractivity contribution in [2.75, 3.05) is 0 Å². The number of benzene rings is 3. The minimum Gasteiger partial charge on any atom is -0.508 e. The van der Waals surface area contributed by atoms with Crippen LogP contribution in [0.2, 0.25) is 0 Å². The van der Waals surface area contributed by atoms with Crippen LogP contribution in [0.5, 0.6) is 17.2 Å². The molecule has 2 N–H and O–H groups in total. The van der Waals surface area contributed by atoms with Crippen LogP contribution in [0.4, 0.5) is 0 Å². The first-order chi connectivity index (χ1) is 18.7. The van der Waals surface area contributed by atoms with Crippen molar-refractivity contribution in [1.29, 1.82) is 0 Å². The largest absolute Gasteiger partial charge is 0.508 e. The summed E-state index contributed by atoms with van der Waals surface area (Å²) in [5.41, 5.74) is 2.40. The van der Waals surface area contributed by atoms with Gasteiger partial charge in [0.1, 0.15) is 29.5 Å². The summed E-state index contributed by atoms with van der Waals surface area (Å²) in [6.45, 7) is 11.0. The second kappa shape index (κ2) is 12.6. The number of hydrogen-bond donors (Lipinski definition) is 2. The van der Waals surface area contributed by atoms with Crippen molar-refractivity contribution >= 4 is 5.97 Å². The van der Waals surface area contributed by atoms with E-state index in [1.165, 1.54) is 18.6 Å². The lowest BCUT2D eigenvalue weighted by molar-refractivity contribution is 0.0690. The van der Waals surface area contributed by atoms with E-state index in [1.807, 2.05) is 48.5 Å². The van der Waals surface area contributed by atoms with Crippen LogP contribution in [-0.4, -0.2) is 28.4 Å². The third-order valence-corrected chi connectivity index (χ3v) is 8.52. The van der Waals surface area contributed by atoms with E-state index >= 15 is 0 Å². The first-order valence-electron chi connectivity index (χ1n) is 14.4. The molecule has 208 valence electrons. The highest BCUT2D eigenvalue weighted by Crippen LogP contribution is 2.39.